The Morgan fingerprint density at radius 1 is 0.467 bits per heavy atom. The minimum atomic E-state index is 0.149. The highest BCUT2D eigenvalue weighted by atomic mass is 32.1. The second-order valence-electron chi connectivity index (χ2n) is 16.4. The highest BCUT2D eigenvalue weighted by Gasteiger charge is 2.35. The number of rotatable bonds is 4. The van der Waals surface area contributed by atoms with Crippen molar-refractivity contribution in [2.75, 3.05) is 0 Å². The van der Waals surface area contributed by atoms with Gasteiger partial charge in [-0.1, -0.05) is 146 Å². The van der Waals surface area contributed by atoms with Gasteiger partial charge in [0.2, 0.25) is 0 Å². The second kappa shape index (κ2) is 12.9. The lowest BCUT2D eigenvalue weighted by Gasteiger charge is -2.35. The molecule has 12 aromatic rings. The summed E-state index contributed by atoms with van der Waals surface area (Å²) in [5.74, 6) is 0.361. The van der Waals surface area contributed by atoms with Crippen LogP contribution in [-0.4, -0.2) is 4.57 Å². The summed E-state index contributed by atoms with van der Waals surface area (Å²) in [6.07, 6.45) is 0. The quantitative estimate of drug-likeness (QED) is 0.174. The van der Waals surface area contributed by atoms with Crippen molar-refractivity contribution in [2.24, 2.45) is 0 Å². The lowest BCUT2D eigenvalue weighted by atomic mass is 9.68. The Balaban J connectivity index is 1.04. The first kappa shape index (κ1) is 33.7. The zero-order chi connectivity index (χ0) is 39.5. The van der Waals surface area contributed by atoms with E-state index in [4.69, 9.17) is 4.42 Å². The average Bonchev–Trinajstić information content (AvgIpc) is 3.98. The fourth-order valence-electron chi connectivity index (χ4n) is 10.6. The Morgan fingerprint density at radius 2 is 1.15 bits per heavy atom. The minimum Gasteiger partial charge on any atom is -0.456 e. The fraction of sp³-hybridized carbons (Fsp3) is 0.0526. The van der Waals surface area contributed by atoms with E-state index in [0.717, 1.165) is 21.9 Å². The van der Waals surface area contributed by atoms with Crippen molar-refractivity contribution >= 4 is 75.3 Å². The summed E-state index contributed by atoms with van der Waals surface area (Å²) < 4.78 is 11.4. The van der Waals surface area contributed by atoms with Gasteiger partial charge >= 0.3 is 0 Å². The van der Waals surface area contributed by atoms with Gasteiger partial charge in [-0.2, -0.15) is 0 Å². The van der Waals surface area contributed by atoms with Gasteiger partial charge in [0, 0.05) is 58.9 Å². The third-order valence-corrected chi connectivity index (χ3v) is 14.4. The fourth-order valence-corrected chi connectivity index (χ4v) is 11.8. The molecule has 3 heterocycles. The molecule has 1 aliphatic rings. The number of para-hydroxylation sites is 4. The Labute approximate surface area is 351 Å². The van der Waals surface area contributed by atoms with Crippen LogP contribution in [0.15, 0.2) is 199 Å². The summed E-state index contributed by atoms with van der Waals surface area (Å²) in [4.78, 5) is 0. The van der Waals surface area contributed by atoms with E-state index >= 15 is 0 Å². The Hall–Kier alpha value is -7.20. The predicted molar refractivity (Wildman–Crippen MR) is 254 cm³/mol. The van der Waals surface area contributed by atoms with Gasteiger partial charge in [-0.25, -0.2) is 0 Å². The van der Waals surface area contributed by atoms with Gasteiger partial charge in [-0.15, -0.1) is 11.3 Å². The first-order valence-electron chi connectivity index (χ1n) is 20.9. The summed E-state index contributed by atoms with van der Waals surface area (Å²) in [6, 6.07) is 71.8. The van der Waals surface area contributed by atoms with Gasteiger partial charge in [-0.05, 0) is 105 Å². The van der Waals surface area contributed by atoms with Crippen LogP contribution in [0.3, 0.4) is 0 Å². The zero-order valence-corrected chi connectivity index (χ0v) is 33.7. The van der Waals surface area contributed by atoms with Crippen LogP contribution in [0.5, 0.6) is 0 Å². The molecule has 0 aliphatic heterocycles. The summed E-state index contributed by atoms with van der Waals surface area (Å²) in [5.41, 5.74) is 17.3. The van der Waals surface area contributed by atoms with E-state index in [2.05, 4.69) is 200 Å². The van der Waals surface area contributed by atoms with Crippen molar-refractivity contribution in [2.45, 2.75) is 18.8 Å². The SMILES string of the molecule is CC1c2cccc(-c3cccc4c5ccccc5n(-c5ccccc5)c34)c2-c2ccccc2C1c1cc(-c2ccc3oc4ccccc4c3c2)c2sc3ccccc3c2c1. The van der Waals surface area contributed by atoms with Crippen LogP contribution < -0.4 is 0 Å². The molecule has 3 aromatic heterocycles. The van der Waals surface area contributed by atoms with Crippen molar-refractivity contribution in [3.63, 3.8) is 0 Å². The molecule has 282 valence electrons. The predicted octanol–water partition coefficient (Wildman–Crippen LogP) is 16.3. The molecule has 0 N–H and O–H groups in total. The lowest BCUT2D eigenvalue weighted by Crippen LogP contribution is -2.17. The number of nitrogens with zero attached hydrogens (tertiary/aromatic N) is 1. The molecule has 2 unspecified atom stereocenters. The molecular formula is C57H37NOS. The molecule has 1 aliphatic carbocycles. The van der Waals surface area contributed by atoms with E-state index in [1.807, 2.05) is 17.4 Å². The highest BCUT2D eigenvalue weighted by molar-refractivity contribution is 7.26. The van der Waals surface area contributed by atoms with Gasteiger partial charge in [0.25, 0.3) is 0 Å². The van der Waals surface area contributed by atoms with Gasteiger partial charge in [-0.3, -0.25) is 0 Å². The molecule has 0 spiro atoms. The summed E-state index contributed by atoms with van der Waals surface area (Å²) in [5, 5.41) is 7.48. The molecular weight excluding hydrogens is 747 g/mol. The molecule has 9 aromatic carbocycles. The molecule has 0 saturated heterocycles. The van der Waals surface area contributed by atoms with E-state index in [-0.39, 0.29) is 11.8 Å². The van der Waals surface area contributed by atoms with Gasteiger partial charge in [0.05, 0.1) is 11.0 Å². The number of thiophene rings is 1. The van der Waals surface area contributed by atoms with Crippen LogP contribution in [0.2, 0.25) is 0 Å². The van der Waals surface area contributed by atoms with E-state index in [1.54, 1.807) is 0 Å². The van der Waals surface area contributed by atoms with Crippen molar-refractivity contribution in [3.8, 4) is 39.1 Å². The molecule has 2 atom stereocenters. The maximum absolute atomic E-state index is 6.29. The zero-order valence-electron chi connectivity index (χ0n) is 32.9. The van der Waals surface area contributed by atoms with Crippen LogP contribution in [0.25, 0.3) is 103 Å². The minimum absolute atomic E-state index is 0.149. The maximum Gasteiger partial charge on any atom is 0.135 e. The molecule has 2 nitrogen and oxygen atoms in total. The Kier molecular flexibility index (Phi) is 7.25. The van der Waals surface area contributed by atoms with Crippen LogP contribution in [-0.2, 0) is 0 Å². The molecule has 0 bridgehead atoms. The maximum atomic E-state index is 6.29. The first-order chi connectivity index (χ1) is 29.7. The number of benzene rings is 9. The summed E-state index contributed by atoms with van der Waals surface area (Å²) in [6.45, 7) is 2.45. The summed E-state index contributed by atoms with van der Waals surface area (Å²) in [7, 11) is 0. The monoisotopic (exact) mass is 783 g/mol. The number of hydrogen-bond donors (Lipinski definition) is 0. The summed E-state index contributed by atoms with van der Waals surface area (Å²) >= 11 is 1.90. The lowest BCUT2D eigenvalue weighted by molar-refractivity contribution is 0.650. The van der Waals surface area contributed by atoms with Crippen molar-refractivity contribution in [1.82, 2.24) is 4.57 Å². The second-order valence-corrected chi connectivity index (χ2v) is 17.4. The number of furan rings is 1. The van der Waals surface area contributed by atoms with Gasteiger partial charge in [0.1, 0.15) is 11.2 Å². The average molecular weight is 784 g/mol. The topological polar surface area (TPSA) is 18.1 Å². The largest absolute Gasteiger partial charge is 0.456 e. The third kappa shape index (κ3) is 4.81. The molecule has 0 fully saturated rings. The number of hydrogen-bond acceptors (Lipinski definition) is 2. The Bertz CT molecular complexity index is 3700. The van der Waals surface area contributed by atoms with E-state index < -0.39 is 0 Å². The highest BCUT2D eigenvalue weighted by Crippen LogP contribution is 2.55. The standard InChI is InChI=1S/C57H37NOS/c1-34-38-22-13-23-44(46-25-14-24-45-39-17-7-10-26-50(39)58(56(45)46)37-15-3-2-4-16-37)55(38)43-21-6-5-20-42(43)54(34)36-32-47(57-49(33-36)41-19-9-12-28-53(41)60-57)35-29-30-52-48(31-35)40-18-8-11-27-51(40)59-52/h2-34,54H,1H3. The van der Waals surface area contributed by atoms with Crippen molar-refractivity contribution < 1.29 is 4.42 Å². The van der Waals surface area contributed by atoms with Crippen LogP contribution >= 0.6 is 11.3 Å². The Morgan fingerprint density at radius 3 is 2.07 bits per heavy atom. The van der Waals surface area contributed by atoms with Crippen LogP contribution in [0, 0.1) is 0 Å². The van der Waals surface area contributed by atoms with Gasteiger partial charge in [0.15, 0.2) is 0 Å². The number of fused-ring (bicyclic) bond motifs is 12. The molecule has 60 heavy (non-hydrogen) atoms. The number of aromatic nitrogens is 1. The molecule has 13 rings (SSSR count). The smallest absolute Gasteiger partial charge is 0.135 e. The first-order valence-corrected chi connectivity index (χ1v) is 21.7. The third-order valence-electron chi connectivity index (χ3n) is 13.2. The van der Waals surface area contributed by atoms with Crippen LogP contribution in [0.4, 0.5) is 0 Å². The molecule has 3 heteroatoms. The van der Waals surface area contributed by atoms with E-state index in [9.17, 15) is 0 Å². The normalized spacial score (nSPS) is 15.1. The van der Waals surface area contributed by atoms with Crippen molar-refractivity contribution in [1.29, 1.82) is 0 Å². The van der Waals surface area contributed by atoms with E-state index in [1.165, 1.54) is 97.7 Å². The molecule has 0 radical (unpaired) electrons. The van der Waals surface area contributed by atoms with E-state index in [0.29, 0.717) is 0 Å². The molecule has 0 amide bonds. The van der Waals surface area contributed by atoms with Crippen LogP contribution in [0.1, 0.15) is 35.4 Å². The van der Waals surface area contributed by atoms with Gasteiger partial charge < -0.3 is 8.98 Å². The van der Waals surface area contributed by atoms with Crippen molar-refractivity contribution in [3.05, 3.63) is 211 Å². The molecule has 0 saturated carbocycles.